The molecule has 0 fully saturated rings. The third-order valence-corrected chi connectivity index (χ3v) is 6.10. The van der Waals surface area contributed by atoms with E-state index < -0.39 is 0 Å². The Labute approximate surface area is 165 Å². The van der Waals surface area contributed by atoms with Gasteiger partial charge in [0.1, 0.15) is 5.75 Å². The van der Waals surface area contributed by atoms with Crippen molar-refractivity contribution in [1.29, 1.82) is 0 Å². The number of rotatable bonds is 7. The Morgan fingerprint density at radius 1 is 1.33 bits per heavy atom. The lowest BCUT2D eigenvalue weighted by Gasteiger charge is -2.32. The highest BCUT2D eigenvalue weighted by Crippen LogP contribution is 2.24. The van der Waals surface area contributed by atoms with Crippen LogP contribution in [0.25, 0.3) is 0 Å². The molecular weight excluding hydrogens is 358 g/mol. The number of benzene rings is 1. The zero-order valence-corrected chi connectivity index (χ0v) is 17.1. The van der Waals surface area contributed by atoms with Crippen molar-refractivity contribution in [2.45, 2.75) is 45.3 Å². The van der Waals surface area contributed by atoms with Crippen LogP contribution in [0.1, 0.15) is 29.9 Å². The molecule has 0 saturated heterocycles. The van der Waals surface area contributed by atoms with Crippen molar-refractivity contribution in [3.63, 3.8) is 0 Å². The van der Waals surface area contributed by atoms with Gasteiger partial charge in [0, 0.05) is 36.6 Å². The number of hydrogen-bond donors (Lipinski definition) is 2. The fourth-order valence-electron chi connectivity index (χ4n) is 3.49. The molecule has 0 aliphatic carbocycles. The maximum Gasteiger partial charge on any atom is 0.315 e. The summed E-state index contributed by atoms with van der Waals surface area (Å²) >= 11 is 1.85. The van der Waals surface area contributed by atoms with E-state index in [1.807, 2.05) is 36.5 Å². The van der Waals surface area contributed by atoms with Crippen molar-refractivity contribution in [2.75, 3.05) is 20.2 Å². The second kappa shape index (κ2) is 9.24. The predicted octanol–water partition coefficient (Wildman–Crippen LogP) is 3.43. The summed E-state index contributed by atoms with van der Waals surface area (Å²) in [7, 11) is 1.66. The molecule has 0 bridgehead atoms. The average Bonchev–Trinajstić information content (AvgIpc) is 3.13. The second-order valence-electron chi connectivity index (χ2n) is 7.25. The number of ether oxygens (including phenoxy) is 1. The van der Waals surface area contributed by atoms with E-state index in [4.69, 9.17) is 4.74 Å². The topological polar surface area (TPSA) is 53.6 Å². The number of methoxy groups -OCH3 is 1. The lowest BCUT2D eigenvalue weighted by molar-refractivity contribution is 0.185. The van der Waals surface area contributed by atoms with Crippen molar-refractivity contribution in [1.82, 2.24) is 15.5 Å². The standard InChI is InChI=1S/C21H29N3O2S/c1-15(11-17-5-4-6-19(12-17)26-3)23-21(25)22-13-16(2)24-9-7-20-18(14-24)8-10-27-20/h4-6,8,10,12,15-16H,7,9,11,13-14H2,1-3H3,(H2,22,23,25). The molecule has 0 spiro atoms. The zero-order valence-electron chi connectivity index (χ0n) is 16.3. The molecule has 2 amide bonds. The summed E-state index contributed by atoms with van der Waals surface area (Å²) in [4.78, 5) is 16.2. The van der Waals surface area contributed by atoms with Gasteiger partial charge in [-0.2, -0.15) is 0 Å². The van der Waals surface area contributed by atoms with E-state index in [1.165, 1.54) is 10.4 Å². The molecule has 2 atom stereocenters. The maximum absolute atomic E-state index is 12.2. The average molecular weight is 388 g/mol. The van der Waals surface area contributed by atoms with Gasteiger partial charge in [0.15, 0.2) is 0 Å². The number of urea groups is 1. The van der Waals surface area contributed by atoms with E-state index >= 15 is 0 Å². The van der Waals surface area contributed by atoms with E-state index in [0.717, 1.165) is 37.2 Å². The van der Waals surface area contributed by atoms with Gasteiger partial charge in [0.2, 0.25) is 0 Å². The van der Waals surface area contributed by atoms with Crippen LogP contribution in [0.5, 0.6) is 5.75 Å². The Morgan fingerprint density at radius 2 is 2.19 bits per heavy atom. The minimum atomic E-state index is -0.106. The molecule has 1 aromatic carbocycles. The van der Waals surface area contributed by atoms with Gasteiger partial charge in [0.05, 0.1) is 7.11 Å². The highest BCUT2D eigenvalue weighted by Gasteiger charge is 2.21. The lowest BCUT2D eigenvalue weighted by atomic mass is 10.1. The Balaban J connectivity index is 1.41. The molecule has 2 heterocycles. The molecule has 1 aliphatic heterocycles. The molecule has 5 nitrogen and oxygen atoms in total. The minimum Gasteiger partial charge on any atom is -0.497 e. The summed E-state index contributed by atoms with van der Waals surface area (Å²) in [5.41, 5.74) is 2.59. The molecule has 6 heteroatoms. The summed E-state index contributed by atoms with van der Waals surface area (Å²) < 4.78 is 5.25. The first-order chi connectivity index (χ1) is 13.0. The fraction of sp³-hybridized carbons (Fsp3) is 0.476. The third kappa shape index (κ3) is 5.47. The smallest absolute Gasteiger partial charge is 0.315 e. The van der Waals surface area contributed by atoms with E-state index in [1.54, 1.807) is 7.11 Å². The largest absolute Gasteiger partial charge is 0.497 e. The molecule has 0 radical (unpaired) electrons. The SMILES string of the molecule is COc1cccc(CC(C)NC(=O)NCC(C)N2CCc3sccc3C2)c1. The number of thiophene rings is 1. The number of nitrogens with one attached hydrogen (secondary N) is 2. The van der Waals surface area contributed by atoms with Gasteiger partial charge in [-0.3, -0.25) is 4.90 Å². The van der Waals surface area contributed by atoms with Crippen molar-refractivity contribution in [2.24, 2.45) is 0 Å². The summed E-state index contributed by atoms with van der Waals surface area (Å²) in [6.45, 7) is 6.89. The maximum atomic E-state index is 12.2. The highest BCUT2D eigenvalue weighted by atomic mass is 32.1. The molecule has 27 heavy (non-hydrogen) atoms. The number of hydrogen-bond acceptors (Lipinski definition) is 4. The first-order valence-electron chi connectivity index (χ1n) is 9.51. The predicted molar refractivity (Wildman–Crippen MR) is 111 cm³/mol. The minimum absolute atomic E-state index is 0.0516. The monoisotopic (exact) mass is 387 g/mol. The first-order valence-corrected chi connectivity index (χ1v) is 10.4. The lowest BCUT2D eigenvalue weighted by Crippen LogP contribution is -2.48. The molecular formula is C21H29N3O2S. The molecule has 0 saturated carbocycles. The van der Waals surface area contributed by atoms with Crippen LogP contribution in [0.2, 0.25) is 0 Å². The van der Waals surface area contributed by atoms with Gasteiger partial charge >= 0.3 is 6.03 Å². The van der Waals surface area contributed by atoms with Crippen molar-refractivity contribution >= 4 is 17.4 Å². The van der Waals surface area contributed by atoms with Crippen LogP contribution in [-0.2, 0) is 19.4 Å². The van der Waals surface area contributed by atoms with E-state index in [2.05, 4.69) is 40.0 Å². The number of fused-ring (bicyclic) bond motifs is 1. The summed E-state index contributed by atoms with van der Waals surface area (Å²) in [5.74, 6) is 0.841. The van der Waals surface area contributed by atoms with Gasteiger partial charge in [-0.05, 0) is 61.4 Å². The highest BCUT2D eigenvalue weighted by molar-refractivity contribution is 7.10. The van der Waals surface area contributed by atoms with Gasteiger partial charge in [-0.25, -0.2) is 4.79 Å². The van der Waals surface area contributed by atoms with Crippen LogP contribution in [0.4, 0.5) is 4.79 Å². The van der Waals surface area contributed by atoms with Crippen LogP contribution in [0.3, 0.4) is 0 Å². The number of carbonyl (C=O) groups excluding carboxylic acids is 1. The van der Waals surface area contributed by atoms with E-state index in [-0.39, 0.29) is 12.1 Å². The number of carbonyl (C=O) groups is 1. The molecule has 2 N–H and O–H groups in total. The van der Waals surface area contributed by atoms with Crippen LogP contribution < -0.4 is 15.4 Å². The van der Waals surface area contributed by atoms with E-state index in [0.29, 0.717) is 12.6 Å². The van der Waals surface area contributed by atoms with Crippen LogP contribution in [0, 0.1) is 0 Å². The third-order valence-electron chi connectivity index (χ3n) is 5.07. The Bertz CT molecular complexity index is 761. The van der Waals surface area contributed by atoms with Gasteiger partial charge in [-0.1, -0.05) is 12.1 Å². The second-order valence-corrected chi connectivity index (χ2v) is 8.25. The molecule has 1 aliphatic rings. The molecule has 146 valence electrons. The van der Waals surface area contributed by atoms with E-state index in [9.17, 15) is 4.79 Å². The summed E-state index contributed by atoms with van der Waals surface area (Å²) in [6.07, 6.45) is 1.88. The zero-order chi connectivity index (χ0) is 19.2. The Kier molecular flexibility index (Phi) is 6.74. The summed E-state index contributed by atoms with van der Waals surface area (Å²) in [5, 5.41) is 8.23. The van der Waals surface area contributed by atoms with Crippen LogP contribution in [0.15, 0.2) is 35.7 Å². The summed E-state index contributed by atoms with van der Waals surface area (Å²) in [6, 6.07) is 10.4. The molecule has 3 rings (SSSR count). The number of amides is 2. The van der Waals surface area contributed by atoms with Crippen molar-refractivity contribution < 1.29 is 9.53 Å². The van der Waals surface area contributed by atoms with Gasteiger partial charge < -0.3 is 15.4 Å². The molecule has 2 aromatic rings. The Hall–Kier alpha value is -2.05. The molecule has 1 aromatic heterocycles. The van der Waals surface area contributed by atoms with Crippen molar-refractivity contribution in [3.8, 4) is 5.75 Å². The number of nitrogens with zero attached hydrogens (tertiary/aromatic N) is 1. The van der Waals surface area contributed by atoms with Crippen LogP contribution in [-0.4, -0.2) is 43.2 Å². The normalized spacial score (nSPS) is 16.3. The van der Waals surface area contributed by atoms with Crippen LogP contribution >= 0.6 is 11.3 Å². The quantitative estimate of drug-likeness (QED) is 0.765. The first kappa shape index (κ1) is 19.7. The van der Waals surface area contributed by atoms with Gasteiger partial charge in [0.25, 0.3) is 0 Å². The van der Waals surface area contributed by atoms with Gasteiger partial charge in [-0.15, -0.1) is 11.3 Å². The fourth-order valence-corrected chi connectivity index (χ4v) is 4.38. The Morgan fingerprint density at radius 3 is 3.00 bits per heavy atom. The van der Waals surface area contributed by atoms with Crippen molar-refractivity contribution in [3.05, 3.63) is 51.7 Å². The molecule has 2 unspecified atom stereocenters.